The largest absolute Gasteiger partial charge is 0.468 e. The minimum absolute atomic E-state index is 0.335. The fourth-order valence-corrected chi connectivity index (χ4v) is 1.39. The number of esters is 2. The zero-order valence-electron chi connectivity index (χ0n) is 10.6. The van der Waals surface area contributed by atoms with Gasteiger partial charge in [-0.2, -0.15) is 0 Å². The molecule has 2 unspecified atom stereocenters. The van der Waals surface area contributed by atoms with Crippen LogP contribution in [0.2, 0.25) is 0 Å². The molecule has 0 aliphatic heterocycles. The van der Waals surface area contributed by atoms with Gasteiger partial charge < -0.3 is 9.47 Å². The third-order valence-electron chi connectivity index (χ3n) is 2.20. The highest BCUT2D eigenvalue weighted by atomic mass is 16.5. The van der Waals surface area contributed by atoms with E-state index < -0.39 is 18.1 Å². The van der Waals surface area contributed by atoms with Crippen molar-refractivity contribution in [3.8, 4) is 0 Å². The number of rotatable bonds is 6. The van der Waals surface area contributed by atoms with Gasteiger partial charge in [0.05, 0.1) is 14.2 Å². The van der Waals surface area contributed by atoms with E-state index >= 15 is 0 Å². The summed E-state index contributed by atoms with van der Waals surface area (Å²) in [6.07, 6.45) is 0.619. The van der Waals surface area contributed by atoms with Crippen LogP contribution in [0.25, 0.3) is 0 Å². The minimum atomic E-state index is -0.521. The molecule has 0 radical (unpaired) electrons. The summed E-state index contributed by atoms with van der Waals surface area (Å²) in [4.78, 5) is 22.7. The normalized spacial score (nSPS) is 14.4. The summed E-state index contributed by atoms with van der Waals surface area (Å²) < 4.78 is 9.25. The lowest BCUT2D eigenvalue weighted by Gasteiger charge is -2.21. The Morgan fingerprint density at radius 3 is 1.94 bits per heavy atom. The first-order valence-corrected chi connectivity index (χ1v) is 5.34. The summed E-state index contributed by atoms with van der Waals surface area (Å²) in [7, 11) is 2.65. The van der Waals surface area contributed by atoms with E-state index in [2.05, 4.69) is 14.8 Å². The molecule has 0 amide bonds. The number of hydrogen-bond acceptors (Lipinski definition) is 5. The van der Waals surface area contributed by atoms with Crippen molar-refractivity contribution < 1.29 is 19.1 Å². The molecule has 0 spiro atoms. The third kappa shape index (κ3) is 5.11. The average molecular weight is 231 g/mol. The smallest absolute Gasteiger partial charge is 0.322 e. The van der Waals surface area contributed by atoms with E-state index in [-0.39, 0.29) is 5.97 Å². The van der Waals surface area contributed by atoms with Crippen molar-refractivity contribution in [2.24, 2.45) is 5.92 Å². The lowest BCUT2D eigenvalue weighted by atomic mass is 10.0. The summed E-state index contributed by atoms with van der Waals surface area (Å²) in [6, 6.07) is -0.994. The van der Waals surface area contributed by atoms with Crippen LogP contribution >= 0.6 is 0 Å². The Kier molecular flexibility index (Phi) is 6.72. The van der Waals surface area contributed by atoms with E-state index in [0.29, 0.717) is 12.3 Å². The molecule has 0 fully saturated rings. The van der Waals surface area contributed by atoms with Crippen molar-refractivity contribution >= 4 is 11.9 Å². The molecule has 16 heavy (non-hydrogen) atoms. The fraction of sp³-hybridized carbons (Fsp3) is 0.818. The Morgan fingerprint density at radius 2 is 1.56 bits per heavy atom. The summed E-state index contributed by atoms with van der Waals surface area (Å²) in [5.74, 6) is -0.413. The molecule has 0 saturated carbocycles. The number of methoxy groups -OCH3 is 2. The summed E-state index contributed by atoms with van der Waals surface area (Å²) in [5.41, 5.74) is 0. The van der Waals surface area contributed by atoms with Crippen LogP contribution in [-0.2, 0) is 19.1 Å². The minimum Gasteiger partial charge on any atom is -0.468 e. The lowest BCUT2D eigenvalue weighted by molar-refractivity contribution is -0.146. The molecule has 1 N–H and O–H groups in total. The maximum Gasteiger partial charge on any atom is 0.322 e. The van der Waals surface area contributed by atoms with Crippen LogP contribution in [0.1, 0.15) is 27.2 Å². The van der Waals surface area contributed by atoms with Crippen LogP contribution in [0.15, 0.2) is 0 Å². The highest BCUT2D eigenvalue weighted by Gasteiger charge is 2.25. The van der Waals surface area contributed by atoms with Gasteiger partial charge in [0, 0.05) is 0 Å². The second-order valence-corrected chi connectivity index (χ2v) is 4.12. The summed E-state index contributed by atoms with van der Waals surface area (Å²) in [6.45, 7) is 5.66. The van der Waals surface area contributed by atoms with Gasteiger partial charge >= 0.3 is 11.9 Å². The Morgan fingerprint density at radius 1 is 1.06 bits per heavy atom. The Bertz CT molecular complexity index is 240. The van der Waals surface area contributed by atoms with Gasteiger partial charge in [0.1, 0.15) is 12.1 Å². The van der Waals surface area contributed by atoms with Gasteiger partial charge in [-0.15, -0.1) is 0 Å². The molecule has 0 aromatic heterocycles. The molecule has 0 aliphatic carbocycles. The van der Waals surface area contributed by atoms with Crippen molar-refractivity contribution in [1.29, 1.82) is 0 Å². The van der Waals surface area contributed by atoms with Gasteiger partial charge in [-0.25, -0.2) is 0 Å². The summed E-state index contributed by atoms with van der Waals surface area (Å²) >= 11 is 0. The van der Waals surface area contributed by atoms with Crippen molar-refractivity contribution in [2.45, 2.75) is 39.3 Å². The van der Waals surface area contributed by atoms with E-state index in [1.165, 1.54) is 14.2 Å². The van der Waals surface area contributed by atoms with E-state index in [1.807, 2.05) is 13.8 Å². The molecule has 0 aliphatic rings. The fourth-order valence-electron chi connectivity index (χ4n) is 1.39. The molecule has 0 saturated heterocycles. The monoisotopic (exact) mass is 231 g/mol. The van der Waals surface area contributed by atoms with Crippen molar-refractivity contribution in [2.75, 3.05) is 14.2 Å². The standard InChI is InChI=1S/C11H21NO4/c1-7(2)6-9(11(14)16-5)12-8(3)10(13)15-4/h7-9,12H,6H2,1-5H3. The van der Waals surface area contributed by atoms with Gasteiger partial charge in [0.2, 0.25) is 0 Å². The van der Waals surface area contributed by atoms with Crippen LogP contribution < -0.4 is 5.32 Å². The number of carbonyl (C=O) groups is 2. The molecule has 94 valence electrons. The van der Waals surface area contributed by atoms with E-state index in [4.69, 9.17) is 0 Å². The summed E-state index contributed by atoms with van der Waals surface area (Å²) in [5, 5.41) is 2.90. The molecular formula is C11H21NO4. The zero-order chi connectivity index (χ0) is 12.7. The maximum absolute atomic E-state index is 11.5. The van der Waals surface area contributed by atoms with Crippen LogP contribution in [0.4, 0.5) is 0 Å². The number of ether oxygens (including phenoxy) is 2. The molecule has 0 heterocycles. The number of hydrogen-bond donors (Lipinski definition) is 1. The molecule has 0 aromatic carbocycles. The van der Waals surface area contributed by atoms with Crippen LogP contribution in [0.5, 0.6) is 0 Å². The van der Waals surface area contributed by atoms with Crippen LogP contribution in [0.3, 0.4) is 0 Å². The molecule has 0 aromatic rings. The van der Waals surface area contributed by atoms with Gasteiger partial charge in [-0.1, -0.05) is 13.8 Å². The quantitative estimate of drug-likeness (QED) is 0.682. The second-order valence-electron chi connectivity index (χ2n) is 4.12. The SMILES string of the molecule is COC(=O)C(C)NC(CC(C)C)C(=O)OC. The van der Waals surface area contributed by atoms with Gasteiger partial charge in [-0.3, -0.25) is 14.9 Å². The van der Waals surface area contributed by atoms with Gasteiger partial charge in [0.25, 0.3) is 0 Å². The molecule has 5 heteroatoms. The maximum atomic E-state index is 11.5. The first-order chi connectivity index (χ1) is 7.42. The number of nitrogens with one attached hydrogen (secondary N) is 1. The van der Waals surface area contributed by atoms with Gasteiger partial charge in [-0.05, 0) is 19.3 Å². The third-order valence-corrected chi connectivity index (χ3v) is 2.20. The Balaban J connectivity index is 4.41. The molecule has 2 atom stereocenters. The lowest BCUT2D eigenvalue weighted by Crippen LogP contribution is -2.47. The first kappa shape index (κ1) is 14.9. The molecule has 0 rings (SSSR count). The second kappa shape index (κ2) is 7.22. The van der Waals surface area contributed by atoms with Crippen LogP contribution in [-0.4, -0.2) is 38.2 Å². The molecular weight excluding hydrogens is 210 g/mol. The zero-order valence-corrected chi connectivity index (χ0v) is 10.6. The predicted molar refractivity (Wildman–Crippen MR) is 59.9 cm³/mol. The number of carbonyl (C=O) groups excluding carboxylic acids is 2. The molecule has 5 nitrogen and oxygen atoms in total. The van der Waals surface area contributed by atoms with Crippen molar-refractivity contribution in [3.63, 3.8) is 0 Å². The van der Waals surface area contributed by atoms with Crippen LogP contribution in [0, 0.1) is 5.92 Å². The Hall–Kier alpha value is -1.10. The van der Waals surface area contributed by atoms with Crippen molar-refractivity contribution in [1.82, 2.24) is 5.32 Å². The van der Waals surface area contributed by atoms with E-state index in [1.54, 1.807) is 6.92 Å². The topological polar surface area (TPSA) is 64.6 Å². The Labute approximate surface area is 96.5 Å². The van der Waals surface area contributed by atoms with Gasteiger partial charge in [0.15, 0.2) is 0 Å². The van der Waals surface area contributed by atoms with Crippen molar-refractivity contribution in [3.05, 3.63) is 0 Å². The van der Waals surface area contributed by atoms with E-state index in [0.717, 1.165) is 0 Å². The van der Waals surface area contributed by atoms with E-state index in [9.17, 15) is 9.59 Å². The molecule has 0 bridgehead atoms. The predicted octanol–water partition coefficient (Wildman–Crippen LogP) is 0.725. The highest BCUT2D eigenvalue weighted by Crippen LogP contribution is 2.07. The first-order valence-electron chi connectivity index (χ1n) is 5.34. The highest BCUT2D eigenvalue weighted by molar-refractivity contribution is 5.79. The average Bonchev–Trinajstić information content (AvgIpc) is 2.25.